The molecule has 0 aromatic heterocycles. The van der Waals surface area contributed by atoms with Crippen LogP contribution in [-0.2, 0) is 0 Å². The van der Waals surface area contributed by atoms with Crippen molar-refractivity contribution in [1.29, 1.82) is 0 Å². The minimum absolute atomic E-state index is 1.01. The molecule has 1 fully saturated rings. The summed E-state index contributed by atoms with van der Waals surface area (Å²) in [5, 5.41) is 0. The van der Waals surface area contributed by atoms with Gasteiger partial charge in [-0.15, -0.1) is 0 Å². The van der Waals surface area contributed by atoms with E-state index in [2.05, 4.69) is 13.8 Å². The van der Waals surface area contributed by atoms with Gasteiger partial charge in [-0.25, -0.2) is 0 Å². The molecule has 0 saturated heterocycles. The first-order chi connectivity index (χ1) is 4.79. The Morgan fingerprint density at radius 2 is 1.30 bits per heavy atom. The van der Waals surface area contributed by atoms with Gasteiger partial charge in [0.1, 0.15) is 0 Å². The van der Waals surface area contributed by atoms with E-state index in [9.17, 15) is 0 Å². The van der Waals surface area contributed by atoms with E-state index in [0.717, 1.165) is 11.8 Å². The predicted octanol–water partition coefficient (Wildman–Crippen LogP) is 3.86. The Labute approximate surface area is 66.0 Å². The highest BCUT2D eigenvalue weighted by molar-refractivity contribution is 4.66. The van der Waals surface area contributed by atoms with Crippen LogP contribution in [0.2, 0.25) is 0 Å². The molecule has 1 saturated carbocycles. The lowest BCUT2D eigenvalue weighted by Crippen LogP contribution is -2.09. The van der Waals surface area contributed by atoms with Crippen LogP contribution in [0.5, 0.6) is 0 Å². The summed E-state index contributed by atoms with van der Waals surface area (Å²) < 4.78 is 0. The molecule has 1 aliphatic rings. The van der Waals surface area contributed by atoms with Crippen molar-refractivity contribution in [2.45, 2.75) is 53.4 Å². The SMILES string of the molecule is CC.CC1CCCC(C)C1. The highest BCUT2D eigenvalue weighted by Gasteiger charge is 2.13. The molecule has 1 rings (SSSR count). The second kappa shape index (κ2) is 5.76. The first-order valence-corrected chi connectivity index (χ1v) is 4.79. The zero-order valence-corrected chi connectivity index (χ0v) is 7.98. The number of hydrogen-bond acceptors (Lipinski definition) is 0. The van der Waals surface area contributed by atoms with Gasteiger partial charge < -0.3 is 0 Å². The van der Waals surface area contributed by atoms with Crippen LogP contribution in [0.3, 0.4) is 0 Å². The Kier molecular flexibility index (Phi) is 5.76. The molecule has 0 heterocycles. The van der Waals surface area contributed by atoms with Crippen LogP contribution in [0, 0.1) is 11.8 Å². The van der Waals surface area contributed by atoms with Gasteiger partial charge in [0.05, 0.1) is 0 Å². The first kappa shape index (κ1) is 10.0. The summed E-state index contributed by atoms with van der Waals surface area (Å²) in [4.78, 5) is 0. The minimum Gasteiger partial charge on any atom is -0.0683 e. The van der Waals surface area contributed by atoms with E-state index in [1.165, 1.54) is 25.7 Å². The van der Waals surface area contributed by atoms with Gasteiger partial charge in [0.15, 0.2) is 0 Å². The average molecular weight is 142 g/mol. The molecule has 0 heteroatoms. The van der Waals surface area contributed by atoms with Crippen LogP contribution in [0.25, 0.3) is 0 Å². The molecular formula is C10H22. The molecule has 0 aromatic carbocycles. The standard InChI is InChI=1S/C8H16.C2H6/c1-7-4-3-5-8(2)6-7;1-2/h7-8H,3-6H2,1-2H3;1-2H3. The van der Waals surface area contributed by atoms with Crippen molar-refractivity contribution in [3.05, 3.63) is 0 Å². The van der Waals surface area contributed by atoms with Gasteiger partial charge in [0, 0.05) is 0 Å². The van der Waals surface area contributed by atoms with Gasteiger partial charge in [-0.05, 0) is 18.3 Å². The molecule has 0 spiro atoms. The zero-order chi connectivity index (χ0) is 7.98. The van der Waals surface area contributed by atoms with Gasteiger partial charge in [-0.3, -0.25) is 0 Å². The predicted molar refractivity (Wildman–Crippen MR) is 48.1 cm³/mol. The monoisotopic (exact) mass is 142 g/mol. The van der Waals surface area contributed by atoms with E-state index in [1.807, 2.05) is 13.8 Å². The molecule has 0 amide bonds. The van der Waals surface area contributed by atoms with Gasteiger partial charge >= 0.3 is 0 Å². The normalized spacial score (nSPS) is 32.4. The zero-order valence-electron chi connectivity index (χ0n) is 7.98. The lowest BCUT2D eigenvalue weighted by Gasteiger charge is -2.22. The van der Waals surface area contributed by atoms with Gasteiger partial charge in [-0.2, -0.15) is 0 Å². The third-order valence-corrected chi connectivity index (χ3v) is 2.20. The van der Waals surface area contributed by atoms with E-state index in [-0.39, 0.29) is 0 Å². The van der Waals surface area contributed by atoms with E-state index >= 15 is 0 Å². The van der Waals surface area contributed by atoms with Crippen molar-refractivity contribution < 1.29 is 0 Å². The van der Waals surface area contributed by atoms with Crippen LogP contribution in [0.15, 0.2) is 0 Å². The van der Waals surface area contributed by atoms with Crippen LogP contribution >= 0.6 is 0 Å². The third kappa shape index (κ3) is 3.92. The van der Waals surface area contributed by atoms with Crippen molar-refractivity contribution in [2.75, 3.05) is 0 Å². The second-order valence-corrected chi connectivity index (χ2v) is 3.38. The lowest BCUT2D eigenvalue weighted by atomic mass is 9.84. The maximum absolute atomic E-state index is 2.37. The fraction of sp³-hybridized carbons (Fsp3) is 1.00. The maximum Gasteiger partial charge on any atom is -0.0440 e. The molecule has 1 aliphatic carbocycles. The Hall–Kier alpha value is 0. The van der Waals surface area contributed by atoms with E-state index in [1.54, 1.807) is 0 Å². The van der Waals surface area contributed by atoms with Crippen molar-refractivity contribution in [3.8, 4) is 0 Å². The molecule has 10 heavy (non-hydrogen) atoms. The number of hydrogen-bond donors (Lipinski definition) is 0. The van der Waals surface area contributed by atoms with Gasteiger partial charge in [-0.1, -0.05) is 47.0 Å². The molecule has 0 N–H and O–H groups in total. The fourth-order valence-electron chi connectivity index (χ4n) is 1.74. The molecule has 0 aromatic rings. The second-order valence-electron chi connectivity index (χ2n) is 3.38. The first-order valence-electron chi connectivity index (χ1n) is 4.79. The smallest absolute Gasteiger partial charge is 0.0440 e. The lowest BCUT2D eigenvalue weighted by molar-refractivity contribution is 0.301. The van der Waals surface area contributed by atoms with Gasteiger partial charge in [0.2, 0.25) is 0 Å². The van der Waals surface area contributed by atoms with Crippen molar-refractivity contribution in [1.82, 2.24) is 0 Å². The summed E-state index contributed by atoms with van der Waals surface area (Å²) in [5.41, 5.74) is 0. The van der Waals surface area contributed by atoms with Gasteiger partial charge in [0.25, 0.3) is 0 Å². The molecule has 2 atom stereocenters. The summed E-state index contributed by atoms with van der Waals surface area (Å²) in [6.07, 6.45) is 5.90. The van der Waals surface area contributed by atoms with Crippen molar-refractivity contribution >= 4 is 0 Å². The van der Waals surface area contributed by atoms with Crippen LogP contribution in [0.4, 0.5) is 0 Å². The largest absolute Gasteiger partial charge is 0.0683 e. The third-order valence-electron chi connectivity index (χ3n) is 2.20. The summed E-state index contributed by atoms with van der Waals surface area (Å²) >= 11 is 0. The maximum atomic E-state index is 2.37. The molecule has 0 radical (unpaired) electrons. The van der Waals surface area contributed by atoms with E-state index in [4.69, 9.17) is 0 Å². The average Bonchev–Trinajstić information content (AvgIpc) is 1.91. The highest BCUT2D eigenvalue weighted by atomic mass is 14.2. The van der Waals surface area contributed by atoms with Crippen LogP contribution in [0.1, 0.15) is 53.4 Å². The molecule has 0 bridgehead atoms. The van der Waals surface area contributed by atoms with Crippen molar-refractivity contribution in [2.24, 2.45) is 11.8 Å². The molecule has 0 nitrogen and oxygen atoms in total. The molecule has 62 valence electrons. The van der Waals surface area contributed by atoms with E-state index in [0.29, 0.717) is 0 Å². The Bertz CT molecular complexity index is 58.4. The summed E-state index contributed by atoms with van der Waals surface area (Å²) in [6.45, 7) is 8.74. The summed E-state index contributed by atoms with van der Waals surface area (Å²) in [7, 11) is 0. The van der Waals surface area contributed by atoms with E-state index < -0.39 is 0 Å². The van der Waals surface area contributed by atoms with Crippen molar-refractivity contribution in [3.63, 3.8) is 0 Å². The Morgan fingerprint density at radius 1 is 0.900 bits per heavy atom. The molecule has 2 unspecified atom stereocenters. The fourth-order valence-corrected chi connectivity index (χ4v) is 1.74. The number of rotatable bonds is 0. The Morgan fingerprint density at radius 3 is 1.50 bits per heavy atom. The summed E-state index contributed by atoms with van der Waals surface area (Å²) in [5.74, 6) is 2.03. The summed E-state index contributed by atoms with van der Waals surface area (Å²) in [6, 6.07) is 0. The minimum atomic E-state index is 1.01. The molecule has 0 aliphatic heterocycles. The van der Waals surface area contributed by atoms with Crippen LogP contribution < -0.4 is 0 Å². The molecular weight excluding hydrogens is 120 g/mol. The van der Waals surface area contributed by atoms with Crippen LogP contribution in [-0.4, -0.2) is 0 Å². The highest BCUT2D eigenvalue weighted by Crippen LogP contribution is 2.27. The quantitative estimate of drug-likeness (QED) is 0.482. The topological polar surface area (TPSA) is 0 Å². The Balaban J connectivity index is 0.000000371.